The molecule has 1 heterocycles. The summed E-state index contributed by atoms with van der Waals surface area (Å²) >= 11 is 0. The molecule has 15 heavy (non-hydrogen) atoms. The zero-order valence-corrected chi connectivity index (χ0v) is 9.64. The molecule has 90 valence electrons. The van der Waals surface area contributed by atoms with Crippen LogP contribution in [0, 0.1) is 0 Å². The Morgan fingerprint density at radius 1 is 1.00 bits per heavy atom. The van der Waals surface area contributed by atoms with Gasteiger partial charge in [0.15, 0.2) is 0 Å². The van der Waals surface area contributed by atoms with Crippen LogP contribution in [0.5, 0.6) is 0 Å². The molecule has 8 nitrogen and oxygen atoms in total. The summed E-state index contributed by atoms with van der Waals surface area (Å²) in [7, 11) is -9.74. The van der Waals surface area contributed by atoms with Crippen LogP contribution in [0.4, 0.5) is 0 Å². The highest BCUT2D eigenvalue weighted by molar-refractivity contribution is 7.60. The summed E-state index contributed by atoms with van der Waals surface area (Å²) in [5.41, 5.74) is 0. The largest absolute Gasteiger partial charge is 0.497 e. The van der Waals surface area contributed by atoms with E-state index in [2.05, 4.69) is 8.94 Å². The Kier molecular flexibility index (Phi) is 4.46. The van der Waals surface area contributed by atoms with E-state index in [4.69, 9.17) is 14.7 Å². The van der Waals surface area contributed by atoms with Crippen LogP contribution in [0.1, 0.15) is 19.3 Å². The monoisotopic (exact) mass is 261 g/mol. The molecule has 0 aromatic heterocycles. The maximum absolute atomic E-state index is 11.1. The molecule has 1 unspecified atom stereocenters. The zero-order valence-electron chi connectivity index (χ0n) is 7.85. The molecule has 0 aliphatic carbocycles. The number of nitrogens with zero attached hydrogens (tertiary/aromatic N) is 1. The topological polar surface area (TPSA) is 117 Å². The molecule has 1 atom stereocenters. The van der Waals surface area contributed by atoms with Crippen LogP contribution in [0.2, 0.25) is 0 Å². The van der Waals surface area contributed by atoms with Gasteiger partial charge in [0.05, 0.1) is 0 Å². The van der Waals surface area contributed by atoms with E-state index in [9.17, 15) is 9.13 Å². The molecular formula is C5H13NO7P2. The summed E-state index contributed by atoms with van der Waals surface area (Å²) in [6.45, 7) is 0.879. The average Bonchev–Trinajstić information content (AvgIpc) is 1.99. The van der Waals surface area contributed by atoms with Crippen molar-refractivity contribution in [3.8, 4) is 0 Å². The smallest absolute Gasteiger partial charge is 0.302 e. The van der Waals surface area contributed by atoms with Gasteiger partial charge in [-0.3, -0.25) is 0 Å². The first-order valence-electron chi connectivity index (χ1n) is 4.33. The first kappa shape index (κ1) is 13.3. The Hall–Kier alpha value is 0.220. The molecular weight excluding hydrogens is 248 g/mol. The van der Waals surface area contributed by atoms with E-state index in [0.29, 0.717) is 13.1 Å². The summed E-state index contributed by atoms with van der Waals surface area (Å²) < 4.78 is 29.5. The van der Waals surface area contributed by atoms with Crippen molar-refractivity contribution in [1.82, 2.24) is 5.06 Å². The first-order valence-corrected chi connectivity index (χ1v) is 7.35. The van der Waals surface area contributed by atoms with Gasteiger partial charge in [0.1, 0.15) is 0 Å². The van der Waals surface area contributed by atoms with E-state index in [0.717, 1.165) is 19.3 Å². The Bertz CT molecular complexity index is 296. The van der Waals surface area contributed by atoms with Gasteiger partial charge in [0.25, 0.3) is 0 Å². The van der Waals surface area contributed by atoms with Gasteiger partial charge in [0, 0.05) is 13.1 Å². The molecule has 0 amide bonds. The van der Waals surface area contributed by atoms with Crippen LogP contribution in [0.3, 0.4) is 0 Å². The summed E-state index contributed by atoms with van der Waals surface area (Å²) in [6.07, 6.45) is 2.60. The number of hydroxylamine groups is 2. The summed E-state index contributed by atoms with van der Waals surface area (Å²) in [5, 5.41) is 1.18. The molecule has 10 heteroatoms. The third-order valence-corrected chi connectivity index (χ3v) is 3.86. The van der Waals surface area contributed by atoms with E-state index in [1.165, 1.54) is 5.06 Å². The van der Waals surface area contributed by atoms with Crippen LogP contribution in [-0.4, -0.2) is 32.8 Å². The fourth-order valence-electron chi connectivity index (χ4n) is 1.24. The molecule has 0 aromatic rings. The van der Waals surface area contributed by atoms with Gasteiger partial charge < -0.3 is 14.7 Å². The van der Waals surface area contributed by atoms with Crippen molar-refractivity contribution in [3.63, 3.8) is 0 Å². The number of phosphoric acid groups is 2. The highest BCUT2D eigenvalue weighted by Gasteiger charge is 2.35. The number of hydrogen-bond donors (Lipinski definition) is 3. The minimum Gasteiger partial charge on any atom is -0.302 e. The third kappa shape index (κ3) is 5.75. The lowest BCUT2D eigenvalue weighted by Crippen LogP contribution is -2.29. The lowest BCUT2D eigenvalue weighted by Gasteiger charge is -2.26. The van der Waals surface area contributed by atoms with Crippen LogP contribution < -0.4 is 0 Å². The first-order chi connectivity index (χ1) is 6.79. The van der Waals surface area contributed by atoms with E-state index < -0.39 is 15.6 Å². The second-order valence-corrected chi connectivity index (χ2v) is 5.85. The van der Waals surface area contributed by atoms with Gasteiger partial charge in [-0.1, -0.05) is 6.42 Å². The molecule has 3 N–H and O–H groups in total. The summed E-state index contributed by atoms with van der Waals surface area (Å²) in [5.74, 6) is 0. The maximum atomic E-state index is 11.1. The van der Waals surface area contributed by atoms with Gasteiger partial charge >= 0.3 is 15.6 Å². The predicted molar refractivity (Wildman–Crippen MR) is 49.5 cm³/mol. The normalized spacial score (nSPS) is 23.7. The summed E-state index contributed by atoms with van der Waals surface area (Å²) in [6, 6.07) is 0. The van der Waals surface area contributed by atoms with Crippen molar-refractivity contribution in [1.29, 1.82) is 0 Å². The molecule has 0 bridgehead atoms. The lowest BCUT2D eigenvalue weighted by molar-refractivity contribution is -0.0920. The Balaban J connectivity index is 2.47. The standard InChI is InChI=1S/C5H13NO7P2/c7-14(8,9)13-15(10,11)12-6-4-2-1-3-5-6/h1-5H2,(H,10,11)(H2,7,8,9). The second kappa shape index (κ2) is 5.03. The molecule has 1 aliphatic heterocycles. The minimum absolute atomic E-state index is 0.440. The fourth-order valence-corrected chi connectivity index (χ4v) is 2.89. The minimum atomic E-state index is -5.02. The maximum Gasteiger partial charge on any atom is 0.497 e. The van der Waals surface area contributed by atoms with E-state index in [1.807, 2.05) is 0 Å². The number of rotatable bonds is 4. The molecule has 1 aliphatic rings. The Morgan fingerprint density at radius 2 is 1.53 bits per heavy atom. The molecule has 1 fully saturated rings. The van der Waals surface area contributed by atoms with Crippen LogP contribution in [0.25, 0.3) is 0 Å². The molecule has 1 saturated heterocycles. The molecule has 0 radical (unpaired) electrons. The highest BCUT2D eigenvalue weighted by Crippen LogP contribution is 2.58. The van der Waals surface area contributed by atoms with Gasteiger partial charge in [-0.25, -0.2) is 9.13 Å². The van der Waals surface area contributed by atoms with Crippen molar-refractivity contribution < 1.29 is 32.7 Å². The molecule has 0 aromatic carbocycles. The van der Waals surface area contributed by atoms with E-state index in [1.54, 1.807) is 0 Å². The van der Waals surface area contributed by atoms with E-state index >= 15 is 0 Å². The Morgan fingerprint density at radius 3 is 2.00 bits per heavy atom. The molecule has 0 spiro atoms. The predicted octanol–water partition coefficient (Wildman–Crippen LogP) is 0.614. The number of hydrogen-bond acceptors (Lipinski definition) is 5. The van der Waals surface area contributed by atoms with Crippen molar-refractivity contribution in [2.45, 2.75) is 19.3 Å². The van der Waals surface area contributed by atoms with Gasteiger partial charge in [-0.05, 0) is 12.8 Å². The average molecular weight is 261 g/mol. The van der Waals surface area contributed by atoms with Gasteiger partial charge in [0.2, 0.25) is 0 Å². The third-order valence-electron chi connectivity index (χ3n) is 1.74. The van der Waals surface area contributed by atoms with E-state index in [-0.39, 0.29) is 0 Å². The highest BCUT2D eigenvalue weighted by atomic mass is 31.3. The summed E-state index contributed by atoms with van der Waals surface area (Å²) in [4.78, 5) is 25.7. The van der Waals surface area contributed by atoms with Crippen LogP contribution in [0.15, 0.2) is 0 Å². The van der Waals surface area contributed by atoms with Crippen molar-refractivity contribution >= 4 is 15.6 Å². The van der Waals surface area contributed by atoms with Crippen LogP contribution in [-0.2, 0) is 18.1 Å². The lowest BCUT2D eigenvalue weighted by atomic mass is 10.2. The van der Waals surface area contributed by atoms with Crippen molar-refractivity contribution in [2.24, 2.45) is 0 Å². The zero-order chi connectivity index (χ0) is 11.5. The number of piperidine rings is 1. The van der Waals surface area contributed by atoms with Crippen molar-refractivity contribution in [3.05, 3.63) is 0 Å². The molecule has 1 rings (SSSR count). The van der Waals surface area contributed by atoms with Gasteiger partial charge in [-0.2, -0.15) is 14.0 Å². The second-order valence-electron chi connectivity index (χ2n) is 3.11. The fraction of sp³-hybridized carbons (Fsp3) is 1.00. The SMILES string of the molecule is O=P(O)(O)OP(=O)(O)ON1CCCCC1. The van der Waals surface area contributed by atoms with Crippen molar-refractivity contribution in [2.75, 3.05) is 13.1 Å². The van der Waals surface area contributed by atoms with Crippen LogP contribution >= 0.6 is 15.6 Å². The molecule has 0 saturated carbocycles. The Labute approximate surface area is 86.6 Å². The van der Waals surface area contributed by atoms with Gasteiger partial charge in [-0.15, -0.1) is 0 Å². The quantitative estimate of drug-likeness (QED) is 0.630.